The Morgan fingerprint density at radius 3 is 2.50 bits per heavy atom. The van der Waals surface area contributed by atoms with Crippen LogP contribution >= 0.6 is 0 Å². The highest BCUT2D eigenvalue weighted by Crippen LogP contribution is 2.63. The smallest absolute Gasteiger partial charge is 0.000970 e. The number of allylic oxidation sites excluding steroid dienone is 8. The summed E-state index contributed by atoms with van der Waals surface area (Å²) in [6.45, 7) is 14.7. The van der Waals surface area contributed by atoms with Gasteiger partial charge in [-0.1, -0.05) is 77.5 Å². The van der Waals surface area contributed by atoms with Gasteiger partial charge in [0.15, 0.2) is 0 Å². The first-order chi connectivity index (χ1) is 13.3. The van der Waals surface area contributed by atoms with Gasteiger partial charge >= 0.3 is 0 Å². The Kier molecular flexibility index (Phi) is 5.30. The zero-order chi connectivity index (χ0) is 20.1. The summed E-state index contributed by atoms with van der Waals surface area (Å²) >= 11 is 0. The fraction of sp³-hybridized carbons (Fsp3) is 0.714. The Bertz CT molecular complexity index is 729. The molecule has 0 aliphatic heterocycles. The van der Waals surface area contributed by atoms with Crippen molar-refractivity contribution in [2.24, 2.45) is 40.4 Å². The van der Waals surface area contributed by atoms with E-state index < -0.39 is 0 Å². The van der Waals surface area contributed by atoms with E-state index in [2.05, 4.69) is 71.9 Å². The SMILES string of the molecule is CC(C)[C@@H](C)/C=C/[C@@H](C)[C@H]1CCC2=C3C=CC4=CCCC[C@]4(C)[C@H]3CC[C@@]21C. The summed E-state index contributed by atoms with van der Waals surface area (Å²) in [6.07, 6.45) is 22.2. The molecule has 0 aromatic heterocycles. The molecular weight excluding hydrogens is 336 g/mol. The summed E-state index contributed by atoms with van der Waals surface area (Å²) in [5, 5.41) is 0. The molecule has 154 valence electrons. The van der Waals surface area contributed by atoms with Crippen LogP contribution in [-0.2, 0) is 0 Å². The number of hydrogen-bond acceptors (Lipinski definition) is 0. The van der Waals surface area contributed by atoms with Crippen LogP contribution in [0.4, 0.5) is 0 Å². The molecular formula is C28H42. The predicted octanol–water partition coefficient (Wildman–Crippen LogP) is 8.28. The lowest BCUT2D eigenvalue weighted by Gasteiger charge is -2.51. The molecule has 0 nitrogen and oxygen atoms in total. The van der Waals surface area contributed by atoms with Gasteiger partial charge in [0.1, 0.15) is 0 Å². The van der Waals surface area contributed by atoms with Crippen molar-refractivity contribution in [3.05, 3.63) is 47.1 Å². The van der Waals surface area contributed by atoms with E-state index in [0.29, 0.717) is 22.7 Å². The Morgan fingerprint density at radius 2 is 1.75 bits per heavy atom. The standard InChI is InChI=1S/C28H42/c1-19(2)20(3)10-11-21(4)24-14-15-25-23-13-12-22-9-7-8-17-27(22,5)26(23)16-18-28(24,25)6/h9-13,19-21,24,26H,7-8,14-18H2,1-6H3/b11-10+/t20-,21+,24+,26-,27-,28+/m0/s1. The molecule has 6 atom stereocenters. The van der Waals surface area contributed by atoms with Crippen molar-refractivity contribution in [1.29, 1.82) is 0 Å². The topological polar surface area (TPSA) is 0 Å². The van der Waals surface area contributed by atoms with E-state index in [4.69, 9.17) is 0 Å². The molecule has 0 spiro atoms. The largest absolute Gasteiger partial charge is 0.0852 e. The van der Waals surface area contributed by atoms with Crippen LogP contribution in [0.5, 0.6) is 0 Å². The lowest BCUT2D eigenvalue weighted by Crippen LogP contribution is -2.40. The lowest BCUT2D eigenvalue weighted by atomic mass is 9.53. The maximum absolute atomic E-state index is 2.61. The molecule has 0 amide bonds. The number of hydrogen-bond donors (Lipinski definition) is 0. The van der Waals surface area contributed by atoms with Crippen molar-refractivity contribution in [3.63, 3.8) is 0 Å². The molecule has 1 saturated carbocycles. The minimum absolute atomic E-state index is 0.410. The highest BCUT2D eigenvalue weighted by molar-refractivity contribution is 5.48. The second kappa shape index (κ2) is 7.33. The second-order valence-corrected chi connectivity index (χ2v) is 11.2. The summed E-state index contributed by atoms with van der Waals surface area (Å²) in [4.78, 5) is 0. The molecule has 4 aliphatic rings. The van der Waals surface area contributed by atoms with Crippen LogP contribution in [0.1, 0.15) is 86.5 Å². The Hall–Kier alpha value is -1.04. The molecule has 0 aromatic rings. The van der Waals surface area contributed by atoms with Crippen LogP contribution in [0.2, 0.25) is 0 Å². The van der Waals surface area contributed by atoms with Gasteiger partial charge < -0.3 is 0 Å². The van der Waals surface area contributed by atoms with E-state index >= 15 is 0 Å². The van der Waals surface area contributed by atoms with Gasteiger partial charge in [-0.3, -0.25) is 0 Å². The van der Waals surface area contributed by atoms with Crippen molar-refractivity contribution in [1.82, 2.24) is 0 Å². The van der Waals surface area contributed by atoms with Crippen LogP contribution in [-0.4, -0.2) is 0 Å². The van der Waals surface area contributed by atoms with Gasteiger partial charge in [-0.25, -0.2) is 0 Å². The zero-order valence-electron chi connectivity index (χ0n) is 19.2. The van der Waals surface area contributed by atoms with Crippen LogP contribution in [0.3, 0.4) is 0 Å². The first-order valence-electron chi connectivity index (χ1n) is 12.1. The summed E-state index contributed by atoms with van der Waals surface area (Å²) < 4.78 is 0. The Balaban J connectivity index is 1.64. The molecule has 1 fully saturated rings. The third-order valence-electron chi connectivity index (χ3n) is 9.43. The molecule has 28 heavy (non-hydrogen) atoms. The van der Waals surface area contributed by atoms with E-state index in [1.165, 1.54) is 44.9 Å². The minimum Gasteiger partial charge on any atom is -0.0852 e. The van der Waals surface area contributed by atoms with Crippen molar-refractivity contribution < 1.29 is 0 Å². The van der Waals surface area contributed by atoms with Crippen LogP contribution < -0.4 is 0 Å². The molecule has 4 aliphatic carbocycles. The predicted molar refractivity (Wildman–Crippen MR) is 122 cm³/mol. The molecule has 0 heteroatoms. The lowest BCUT2D eigenvalue weighted by molar-refractivity contribution is 0.141. The first-order valence-corrected chi connectivity index (χ1v) is 12.1. The molecule has 0 saturated heterocycles. The zero-order valence-corrected chi connectivity index (χ0v) is 19.2. The van der Waals surface area contributed by atoms with Crippen molar-refractivity contribution in [2.45, 2.75) is 86.5 Å². The van der Waals surface area contributed by atoms with E-state index in [0.717, 1.165) is 17.8 Å². The number of rotatable bonds is 4. The molecule has 0 aromatic carbocycles. The first kappa shape index (κ1) is 20.2. The van der Waals surface area contributed by atoms with Crippen LogP contribution in [0, 0.1) is 40.4 Å². The average Bonchev–Trinajstić information content (AvgIpc) is 3.02. The third-order valence-corrected chi connectivity index (χ3v) is 9.43. The third kappa shape index (κ3) is 3.10. The van der Waals surface area contributed by atoms with Gasteiger partial charge in [0.05, 0.1) is 0 Å². The fourth-order valence-corrected chi connectivity index (χ4v) is 7.09. The quantitative estimate of drug-likeness (QED) is 0.432. The summed E-state index contributed by atoms with van der Waals surface area (Å²) in [5.41, 5.74) is 6.07. The second-order valence-electron chi connectivity index (χ2n) is 11.2. The maximum atomic E-state index is 2.61. The fourth-order valence-electron chi connectivity index (χ4n) is 7.09. The van der Waals surface area contributed by atoms with Gasteiger partial charge in [-0.15, -0.1) is 0 Å². The Morgan fingerprint density at radius 1 is 0.964 bits per heavy atom. The molecule has 0 radical (unpaired) electrons. The summed E-state index contributed by atoms with van der Waals surface area (Å²) in [7, 11) is 0. The summed E-state index contributed by atoms with van der Waals surface area (Å²) in [6, 6.07) is 0. The van der Waals surface area contributed by atoms with Gasteiger partial charge in [-0.05, 0) is 96.5 Å². The van der Waals surface area contributed by atoms with Gasteiger partial charge in [0, 0.05) is 0 Å². The van der Waals surface area contributed by atoms with Crippen LogP contribution in [0.15, 0.2) is 47.1 Å². The van der Waals surface area contributed by atoms with E-state index in [1.807, 2.05) is 5.57 Å². The van der Waals surface area contributed by atoms with Gasteiger partial charge in [0.2, 0.25) is 0 Å². The average molecular weight is 379 g/mol. The van der Waals surface area contributed by atoms with E-state index in [1.54, 1.807) is 11.1 Å². The monoisotopic (exact) mass is 378 g/mol. The van der Waals surface area contributed by atoms with E-state index in [-0.39, 0.29) is 0 Å². The maximum Gasteiger partial charge on any atom is -0.000970 e. The summed E-state index contributed by atoms with van der Waals surface area (Å²) in [5.74, 6) is 3.70. The van der Waals surface area contributed by atoms with E-state index in [9.17, 15) is 0 Å². The molecule has 0 heterocycles. The van der Waals surface area contributed by atoms with Gasteiger partial charge in [-0.2, -0.15) is 0 Å². The van der Waals surface area contributed by atoms with Gasteiger partial charge in [0.25, 0.3) is 0 Å². The van der Waals surface area contributed by atoms with Crippen molar-refractivity contribution >= 4 is 0 Å². The highest BCUT2D eigenvalue weighted by Gasteiger charge is 2.52. The highest BCUT2D eigenvalue weighted by atomic mass is 14.6. The molecule has 0 unspecified atom stereocenters. The molecule has 0 N–H and O–H groups in total. The molecule has 0 bridgehead atoms. The van der Waals surface area contributed by atoms with Crippen molar-refractivity contribution in [3.8, 4) is 0 Å². The molecule has 4 rings (SSSR count). The van der Waals surface area contributed by atoms with Crippen LogP contribution in [0.25, 0.3) is 0 Å². The minimum atomic E-state index is 0.410. The van der Waals surface area contributed by atoms with Crippen molar-refractivity contribution in [2.75, 3.05) is 0 Å². The number of fused-ring (bicyclic) bond motifs is 4. The normalized spacial score (nSPS) is 39.6. The Labute approximate surface area is 174 Å².